The van der Waals surface area contributed by atoms with E-state index in [4.69, 9.17) is 4.74 Å². The third kappa shape index (κ3) is 2.34. The molecule has 1 unspecified atom stereocenters. The predicted octanol–water partition coefficient (Wildman–Crippen LogP) is 2.50. The number of hydrogen-bond acceptors (Lipinski definition) is 4. The first kappa shape index (κ1) is 12.9. The quantitative estimate of drug-likeness (QED) is 0.617. The van der Waals surface area contributed by atoms with Gasteiger partial charge >= 0.3 is 15.6 Å². The molecule has 2 rings (SSSR count). The smallest absolute Gasteiger partial charge is 0.465 e. The van der Waals surface area contributed by atoms with Crippen LogP contribution in [-0.2, 0) is 14.3 Å². The van der Waals surface area contributed by atoms with Crippen molar-refractivity contribution in [3.05, 3.63) is 42.2 Å². The number of rotatable bonds is 2. The van der Waals surface area contributed by atoms with Crippen molar-refractivity contribution in [2.75, 3.05) is 0 Å². The van der Waals surface area contributed by atoms with E-state index in [0.717, 1.165) is 12.3 Å². The van der Waals surface area contributed by atoms with Crippen LogP contribution in [0.15, 0.2) is 36.6 Å². The van der Waals surface area contributed by atoms with Crippen LogP contribution < -0.4 is 4.74 Å². The molecule has 4 nitrogen and oxygen atoms in total. The van der Waals surface area contributed by atoms with E-state index in [1.807, 2.05) is 0 Å². The molecule has 18 heavy (non-hydrogen) atoms. The van der Waals surface area contributed by atoms with Crippen LogP contribution in [-0.4, -0.2) is 13.9 Å². The molecular weight excluding hydrogens is 273 g/mol. The fourth-order valence-electron chi connectivity index (χ4n) is 1.39. The number of halogens is 3. The average molecular weight is 280 g/mol. The molecule has 0 bridgehead atoms. The average Bonchev–Trinajstić information content (AvgIpc) is 2.27. The van der Waals surface area contributed by atoms with Crippen LogP contribution >= 0.6 is 0 Å². The highest BCUT2D eigenvalue weighted by Crippen LogP contribution is 2.36. The molecule has 0 N–H and O–H groups in total. The lowest BCUT2D eigenvalue weighted by Crippen LogP contribution is -2.27. The molecule has 0 radical (unpaired) electrons. The molecule has 8 heteroatoms. The van der Waals surface area contributed by atoms with Crippen molar-refractivity contribution in [1.29, 1.82) is 0 Å². The highest BCUT2D eigenvalue weighted by Gasteiger charge is 2.48. The minimum atomic E-state index is -5.65. The predicted molar refractivity (Wildman–Crippen MR) is 55.0 cm³/mol. The Morgan fingerprint density at radius 3 is 2.56 bits per heavy atom. The van der Waals surface area contributed by atoms with Gasteiger partial charge in [-0.05, 0) is 12.1 Å². The topological polar surface area (TPSA) is 52.6 Å². The van der Waals surface area contributed by atoms with Gasteiger partial charge in [0, 0.05) is 5.56 Å². The number of benzene rings is 1. The van der Waals surface area contributed by atoms with E-state index >= 15 is 0 Å². The summed E-state index contributed by atoms with van der Waals surface area (Å²) in [5, 5.41) is 0. The molecular formula is C10H7F3O4S. The molecule has 1 aromatic carbocycles. The third-order valence-corrected chi connectivity index (χ3v) is 3.22. The maximum Gasteiger partial charge on any atom is 0.523 e. The fraction of sp³-hybridized carbons (Fsp3) is 0.200. The van der Waals surface area contributed by atoms with Crippen LogP contribution in [0.4, 0.5) is 13.2 Å². The highest BCUT2D eigenvalue weighted by molar-refractivity contribution is 7.87. The van der Waals surface area contributed by atoms with Gasteiger partial charge in [-0.15, -0.1) is 0 Å². The van der Waals surface area contributed by atoms with E-state index in [-0.39, 0.29) is 11.3 Å². The number of alkyl halides is 3. The molecule has 1 heterocycles. The molecule has 0 spiro atoms. The van der Waals surface area contributed by atoms with Crippen molar-refractivity contribution in [2.24, 2.45) is 0 Å². The van der Waals surface area contributed by atoms with Gasteiger partial charge < -0.3 is 4.74 Å². The van der Waals surface area contributed by atoms with Crippen LogP contribution in [0, 0.1) is 0 Å². The summed E-state index contributed by atoms with van der Waals surface area (Å²) in [6, 6.07) is 6.07. The number of ether oxygens (including phenoxy) is 1. The molecule has 98 valence electrons. The van der Waals surface area contributed by atoms with E-state index in [9.17, 15) is 21.6 Å². The van der Waals surface area contributed by atoms with Gasteiger partial charge in [0.15, 0.2) is 0 Å². The summed E-state index contributed by atoms with van der Waals surface area (Å²) in [5.41, 5.74) is -5.23. The first-order chi connectivity index (χ1) is 8.31. The van der Waals surface area contributed by atoms with Gasteiger partial charge in [-0.1, -0.05) is 18.2 Å². The third-order valence-electron chi connectivity index (χ3n) is 2.19. The lowest BCUT2D eigenvalue weighted by Gasteiger charge is -2.20. The van der Waals surface area contributed by atoms with Crippen molar-refractivity contribution in [3.8, 4) is 5.75 Å². The summed E-state index contributed by atoms with van der Waals surface area (Å²) in [6.45, 7) is 0. The lowest BCUT2D eigenvalue weighted by atomic mass is 10.1. The van der Waals surface area contributed by atoms with Gasteiger partial charge in [-0.2, -0.15) is 21.6 Å². The Hall–Kier alpha value is -1.54. The monoisotopic (exact) mass is 280 g/mol. The summed E-state index contributed by atoms with van der Waals surface area (Å²) >= 11 is 0. The molecule has 0 fully saturated rings. The fourth-order valence-corrected chi connectivity index (χ4v) is 1.94. The van der Waals surface area contributed by atoms with Crippen molar-refractivity contribution in [1.82, 2.24) is 0 Å². The van der Waals surface area contributed by atoms with Crippen molar-refractivity contribution >= 4 is 10.1 Å². The zero-order chi connectivity index (χ0) is 13.4. The second kappa shape index (κ2) is 4.29. The minimum Gasteiger partial charge on any atom is -0.465 e. The molecule has 0 saturated heterocycles. The van der Waals surface area contributed by atoms with E-state index in [0.29, 0.717) is 0 Å². The Balaban J connectivity index is 2.31. The summed E-state index contributed by atoms with van der Waals surface area (Å²) in [4.78, 5) is 0. The van der Waals surface area contributed by atoms with E-state index < -0.39 is 21.7 Å². The molecule has 0 amide bonds. The Labute approximate surface area is 101 Å². The molecule has 1 aliphatic heterocycles. The maximum absolute atomic E-state index is 12.2. The second-order valence-corrected chi connectivity index (χ2v) is 4.96. The first-order valence-corrected chi connectivity index (χ1v) is 6.14. The largest absolute Gasteiger partial charge is 0.523 e. The Bertz CT molecular complexity index is 577. The van der Waals surface area contributed by atoms with Gasteiger partial charge in [0.05, 0.1) is 6.26 Å². The maximum atomic E-state index is 12.2. The molecule has 1 atom stereocenters. The van der Waals surface area contributed by atoms with Gasteiger partial charge in [0.25, 0.3) is 0 Å². The Morgan fingerprint density at radius 2 is 1.89 bits per heavy atom. The van der Waals surface area contributed by atoms with Crippen LogP contribution in [0.1, 0.15) is 11.7 Å². The van der Waals surface area contributed by atoms with Crippen LogP contribution in [0.2, 0.25) is 0 Å². The number of fused-ring (bicyclic) bond motifs is 1. The SMILES string of the molecule is O=S(=O)(OC1C=COc2ccccc21)C(F)(F)F. The Kier molecular flexibility index (Phi) is 3.07. The van der Waals surface area contributed by atoms with E-state index in [1.165, 1.54) is 18.2 Å². The molecule has 0 aromatic heterocycles. The highest BCUT2D eigenvalue weighted by atomic mass is 32.2. The zero-order valence-electron chi connectivity index (χ0n) is 8.72. The lowest BCUT2D eigenvalue weighted by molar-refractivity contribution is -0.0562. The van der Waals surface area contributed by atoms with Crippen LogP contribution in [0.25, 0.3) is 0 Å². The van der Waals surface area contributed by atoms with Crippen LogP contribution in [0.5, 0.6) is 5.75 Å². The molecule has 0 saturated carbocycles. The van der Waals surface area contributed by atoms with Gasteiger partial charge in [-0.3, -0.25) is 4.18 Å². The second-order valence-electron chi connectivity index (χ2n) is 3.40. The summed E-state index contributed by atoms with van der Waals surface area (Å²) in [5.74, 6) is 0.252. The summed E-state index contributed by atoms with van der Waals surface area (Å²) in [6.07, 6.45) is 0.825. The van der Waals surface area contributed by atoms with Gasteiger partial charge in [0.2, 0.25) is 0 Å². The standard InChI is InChI=1S/C10H7F3O4S/c11-10(12,13)18(14,15)17-9-5-6-16-8-4-2-1-3-7(8)9/h1-6,9H. The first-order valence-electron chi connectivity index (χ1n) is 4.73. The number of para-hydroxylation sites is 1. The molecule has 1 aromatic rings. The van der Waals surface area contributed by atoms with E-state index in [1.54, 1.807) is 6.07 Å². The molecule has 0 aliphatic carbocycles. The number of hydrogen-bond donors (Lipinski definition) is 0. The zero-order valence-corrected chi connectivity index (χ0v) is 9.53. The summed E-state index contributed by atoms with van der Waals surface area (Å²) < 4.78 is 67.6. The van der Waals surface area contributed by atoms with Crippen molar-refractivity contribution in [2.45, 2.75) is 11.6 Å². The summed E-state index contributed by atoms with van der Waals surface area (Å²) in [7, 11) is -5.65. The van der Waals surface area contributed by atoms with Gasteiger partial charge in [-0.25, -0.2) is 0 Å². The van der Waals surface area contributed by atoms with Crippen LogP contribution in [0.3, 0.4) is 0 Å². The van der Waals surface area contributed by atoms with Gasteiger partial charge in [0.1, 0.15) is 11.9 Å². The van der Waals surface area contributed by atoms with Crippen molar-refractivity contribution < 1.29 is 30.5 Å². The van der Waals surface area contributed by atoms with Crippen molar-refractivity contribution in [3.63, 3.8) is 0 Å². The minimum absolute atomic E-state index is 0.216. The van der Waals surface area contributed by atoms with E-state index in [2.05, 4.69) is 4.18 Å². The molecule has 1 aliphatic rings. The normalized spacial score (nSPS) is 19.2. The Morgan fingerprint density at radius 1 is 1.22 bits per heavy atom.